The number of hydrogen-bond acceptors (Lipinski definition) is 4. The fraction of sp³-hybridized carbons (Fsp3) is 0.571. The molecule has 0 aromatic heterocycles. The average molecular weight is 191 g/mol. The summed E-state index contributed by atoms with van der Waals surface area (Å²) >= 11 is 0. The van der Waals surface area contributed by atoms with Crippen LogP contribution in [0, 0.1) is 0 Å². The van der Waals surface area contributed by atoms with Gasteiger partial charge >= 0.3 is 5.97 Å². The predicted molar refractivity (Wildman–Crippen MR) is 43.9 cm³/mol. The molecule has 3 atom stereocenters. The molecular weight excluding hydrogens is 178 g/mol. The molecule has 6 heteroatoms. The van der Waals surface area contributed by atoms with Crippen molar-refractivity contribution in [3.8, 4) is 0 Å². The standard InChI is InChI=1S/C7H11NO4.H2O/c8-4-1-3(7(11)12)2-5(9)6(4)10;/h2,4-6,9-10H,1,8H2,(H,11,12);1H2/t4-,5-,6+;/m1./s1. The first-order valence-electron chi connectivity index (χ1n) is 3.58. The van der Waals surface area contributed by atoms with E-state index in [-0.39, 0.29) is 17.5 Å². The summed E-state index contributed by atoms with van der Waals surface area (Å²) in [5.41, 5.74) is 5.44. The van der Waals surface area contributed by atoms with Crippen molar-refractivity contribution in [2.75, 3.05) is 0 Å². The first-order valence-corrected chi connectivity index (χ1v) is 3.58. The monoisotopic (exact) mass is 191 g/mol. The SMILES string of the molecule is N[C@@H]1CC(C(=O)O)=C[C@@H](O)[C@H]1O.O. The second-order valence-corrected chi connectivity index (χ2v) is 2.85. The summed E-state index contributed by atoms with van der Waals surface area (Å²) < 4.78 is 0. The van der Waals surface area contributed by atoms with E-state index < -0.39 is 24.2 Å². The summed E-state index contributed by atoms with van der Waals surface area (Å²) in [5, 5.41) is 26.8. The molecule has 0 saturated heterocycles. The van der Waals surface area contributed by atoms with Gasteiger partial charge in [-0.3, -0.25) is 0 Å². The van der Waals surface area contributed by atoms with E-state index in [9.17, 15) is 4.79 Å². The van der Waals surface area contributed by atoms with Crippen molar-refractivity contribution in [3.05, 3.63) is 11.6 Å². The summed E-state index contributed by atoms with van der Waals surface area (Å²) in [6, 6.07) is -0.698. The van der Waals surface area contributed by atoms with Crippen molar-refractivity contribution < 1.29 is 25.6 Å². The minimum atomic E-state index is -1.17. The Hall–Kier alpha value is -0.950. The molecule has 76 valence electrons. The molecule has 6 nitrogen and oxygen atoms in total. The highest BCUT2D eigenvalue weighted by molar-refractivity contribution is 5.87. The molecule has 0 amide bonds. The van der Waals surface area contributed by atoms with Crippen LogP contribution in [0.4, 0.5) is 0 Å². The van der Waals surface area contributed by atoms with Gasteiger partial charge in [-0.15, -0.1) is 0 Å². The third-order valence-electron chi connectivity index (χ3n) is 1.89. The van der Waals surface area contributed by atoms with Gasteiger partial charge in [-0.25, -0.2) is 4.79 Å². The van der Waals surface area contributed by atoms with Crippen LogP contribution in [0.3, 0.4) is 0 Å². The third kappa shape index (κ3) is 2.49. The lowest BCUT2D eigenvalue weighted by Gasteiger charge is -2.26. The van der Waals surface area contributed by atoms with E-state index in [4.69, 9.17) is 21.1 Å². The number of aliphatic hydroxyl groups excluding tert-OH is 2. The molecule has 0 unspecified atom stereocenters. The van der Waals surface area contributed by atoms with Gasteiger partial charge in [-0.2, -0.15) is 0 Å². The molecule has 0 aromatic carbocycles. The lowest BCUT2D eigenvalue weighted by Crippen LogP contribution is -2.46. The van der Waals surface area contributed by atoms with Crippen LogP contribution in [-0.2, 0) is 4.79 Å². The molecule has 0 fully saturated rings. The molecule has 0 spiro atoms. The predicted octanol–water partition coefficient (Wildman–Crippen LogP) is -2.37. The quantitative estimate of drug-likeness (QED) is 0.367. The Morgan fingerprint density at radius 2 is 2.08 bits per heavy atom. The normalized spacial score (nSPS) is 33.2. The molecule has 13 heavy (non-hydrogen) atoms. The van der Waals surface area contributed by atoms with Gasteiger partial charge in [0.1, 0.15) is 6.10 Å². The first kappa shape index (κ1) is 12.0. The van der Waals surface area contributed by atoms with Gasteiger partial charge in [0, 0.05) is 11.6 Å². The van der Waals surface area contributed by atoms with Crippen LogP contribution in [0.15, 0.2) is 11.6 Å². The highest BCUT2D eigenvalue weighted by Crippen LogP contribution is 2.17. The molecule has 0 aliphatic heterocycles. The van der Waals surface area contributed by atoms with Gasteiger partial charge in [0.05, 0.1) is 6.10 Å². The van der Waals surface area contributed by atoms with Crippen molar-refractivity contribution >= 4 is 5.97 Å². The largest absolute Gasteiger partial charge is 0.478 e. The van der Waals surface area contributed by atoms with Crippen molar-refractivity contribution in [1.29, 1.82) is 0 Å². The molecule has 7 N–H and O–H groups in total. The number of carboxylic acids is 1. The Kier molecular flexibility index (Phi) is 4.02. The van der Waals surface area contributed by atoms with Gasteiger partial charge in [0.15, 0.2) is 0 Å². The average Bonchev–Trinajstić information content (AvgIpc) is 1.99. The maximum atomic E-state index is 10.4. The lowest BCUT2D eigenvalue weighted by atomic mass is 9.91. The van der Waals surface area contributed by atoms with Crippen LogP contribution in [0.1, 0.15) is 6.42 Å². The Morgan fingerprint density at radius 1 is 1.54 bits per heavy atom. The van der Waals surface area contributed by atoms with Gasteiger partial charge in [0.25, 0.3) is 0 Å². The Labute approximate surface area is 74.6 Å². The number of nitrogens with two attached hydrogens (primary N) is 1. The summed E-state index contributed by atoms with van der Waals surface area (Å²) in [6.07, 6.45) is -1.02. The van der Waals surface area contributed by atoms with Crippen LogP contribution >= 0.6 is 0 Å². The maximum Gasteiger partial charge on any atom is 0.331 e. The number of carbonyl (C=O) groups is 1. The molecule has 1 aliphatic carbocycles. The Balaban J connectivity index is 0.00000144. The zero-order chi connectivity index (χ0) is 9.30. The smallest absolute Gasteiger partial charge is 0.331 e. The fourth-order valence-electron chi connectivity index (χ4n) is 1.16. The highest BCUT2D eigenvalue weighted by atomic mass is 16.4. The molecule has 0 radical (unpaired) electrons. The summed E-state index contributed by atoms with van der Waals surface area (Å²) in [5.74, 6) is -1.10. The topological polar surface area (TPSA) is 135 Å². The summed E-state index contributed by atoms with van der Waals surface area (Å²) in [4.78, 5) is 10.4. The molecule has 1 aliphatic rings. The molecule has 1 rings (SSSR count). The second-order valence-electron chi connectivity index (χ2n) is 2.85. The zero-order valence-electron chi connectivity index (χ0n) is 6.84. The van der Waals surface area contributed by atoms with Crippen LogP contribution < -0.4 is 5.73 Å². The molecule has 0 aromatic rings. The van der Waals surface area contributed by atoms with Gasteiger partial charge in [-0.1, -0.05) is 0 Å². The second kappa shape index (κ2) is 4.33. The van der Waals surface area contributed by atoms with Crippen LogP contribution in [0.2, 0.25) is 0 Å². The minimum Gasteiger partial charge on any atom is -0.478 e. The van der Waals surface area contributed by atoms with Crippen molar-refractivity contribution in [2.24, 2.45) is 5.73 Å². The fourth-order valence-corrected chi connectivity index (χ4v) is 1.16. The lowest BCUT2D eigenvalue weighted by molar-refractivity contribution is -0.133. The molecule has 0 bridgehead atoms. The van der Waals surface area contributed by atoms with Gasteiger partial charge in [0.2, 0.25) is 0 Å². The van der Waals surface area contributed by atoms with Crippen LogP contribution in [0.25, 0.3) is 0 Å². The Morgan fingerprint density at radius 3 is 2.46 bits per heavy atom. The molecule has 0 heterocycles. The number of aliphatic carboxylic acids is 1. The first-order chi connectivity index (χ1) is 5.52. The maximum absolute atomic E-state index is 10.4. The highest BCUT2D eigenvalue weighted by Gasteiger charge is 2.30. The summed E-state index contributed by atoms with van der Waals surface area (Å²) in [6.45, 7) is 0. The van der Waals surface area contributed by atoms with E-state index in [1.807, 2.05) is 0 Å². The molecular formula is C7H13NO5. The van der Waals surface area contributed by atoms with E-state index in [0.717, 1.165) is 6.08 Å². The number of rotatable bonds is 1. The van der Waals surface area contributed by atoms with E-state index in [0.29, 0.717) is 0 Å². The van der Waals surface area contributed by atoms with Gasteiger partial charge < -0.3 is 26.5 Å². The van der Waals surface area contributed by atoms with Crippen molar-refractivity contribution in [2.45, 2.75) is 24.7 Å². The van der Waals surface area contributed by atoms with E-state index in [1.165, 1.54) is 0 Å². The zero-order valence-corrected chi connectivity index (χ0v) is 6.84. The minimum absolute atomic E-state index is 0. The van der Waals surface area contributed by atoms with Gasteiger partial charge in [-0.05, 0) is 12.5 Å². The third-order valence-corrected chi connectivity index (χ3v) is 1.89. The summed E-state index contributed by atoms with van der Waals surface area (Å²) in [7, 11) is 0. The number of carboxylic acid groups (broad SMARTS) is 1. The number of hydrogen-bond donors (Lipinski definition) is 4. The number of aliphatic hydroxyl groups is 2. The van der Waals surface area contributed by atoms with Crippen LogP contribution in [0.5, 0.6) is 0 Å². The van der Waals surface area contributed by atoms with Crippen molar-refractivity contribution in [1.82, 2.24) is 0 Å². The molecule has 0 saturated carbocycles. The Bertz CT molecular complexity index is 227. The van der Waals surface area contributed by atoms with Crippen molar-refractivity contribution in [3.63, 3.8) is 0 Å². The van der Waals surface area contributed by atoms with E-state index in [1.54, 1.807) is 0 Å². The van der Waals surface area contributed by atoms with Crippen LogP contribution in [-0.4, -0.2) is 45.0 Å². The van der Waals surface area contributed by atoms with E-state index >= 15 is 0 Å². The van der Waals surface area contributed by atoms with E-state index in [2.05, 4.69) is 0 Å².